The molecule has 5 heteroatoms. The van der Waals surface area contributed by atoms with Crippen LogP contribution >= 0.6 is 0 Å². The summed E-state index contributed by atoms with van der Waals surface area (Å²) < 4.78 is 0. The van der Waals surface area contributed by atoms with Crippen LogP contribution in [0.1, 0.15) is 34.1 Å². The first-order valence-electron chi connectivity index (χ1n) is 6.54. The molecule has 0 saturated heterocycles. The van der Waals surface area contributed by atoms with Gasteiger partial charge in [0.05, 0.1) is 12.6 Å². The van der Waals surface area contributed by atoms with Crippen LogP contribution in [0.4, 0.5) is 0 Å². The fraction of sp³-hybridized carbons (Fsp3) is 0.846. The van der Waals surface area contributed by atoms with Crippen molar-refractivity contribution in [2.45, 2.75) is 40.2 Å². The van der Waals surface area contributed by atoms with Gasteiger partial charge in [-0.05, 0) is 23.7 Å². The van der Waals surface area contributed by atoms with Gasteiger partial charge in [-0.15, -0.1) is 0 Å². The van der Waals surface area contributed by atoms with Crippen LogP contribution in [0, 0.1) is 17.3 Å². The maximum absolute atomic E-state index is 11.5. The van der Waals surface area contributed by atoms with Crippen LogP contribution in [-0.4, -0.2) is 30.9 Å². The second kappa shape index (κ2) is 5.69. The van der Waals surface area contributed by atoms with Crippen molar-refractivity contribution in [3.05, 3.63) is 0 Å². The van der Waals surface area contributed by atoms with E-state index in [1.165, 1.54) is 0 Å². The molecule has 4 N–H and O–H groups in total. The summed E-state index contributed by atoms with van der Waals surface area (Å²) in [6, 6.07) is -0.555. The highest BCUT2D eigenvalue weighted by molar-refractivity contribution is 5.87. The molecule has 1 unspecified atom stereocenters. The van der Waals surface area contributed by atoms with Gasteiger partial charge in [-0.3, -0.25) is 9.59 Å². The van der Waals surface area contributed by atoms with E-state index in [2.05, 4.69) is 24.5 Å². The smallest absolute Gasteiger partial charge is 0.239 e. The minimum absolute atomic E-state index is 0.00635. The standard InChI is InChI=1S/C13H25N3O2/c1-8(2)11(14)12(18)16-7-10(17)15-6-9-5-13(9,3)4/h8-9,11H,5-7,14H2,1-4H3,(H,15,17)(H,16,18)/t9?,11-/m0/s1. The van der Waals surface area contributed by atoms with Gasteiger partial charge in [0.15, 0.2) is 0 Å². The van der Waals surface area contributed by atoms with Gasteiger partial charge in [0.1, 0.15) is 0 Å². The van der Waals surface area contributed by atoms with Gasteiger partial charge < -0.3 is 16.4 Å². The van der Waals surface area contributed by atoms with Crippen LogP contribution in [0.3, 0.4) is 0 Å². The third kappa shape index (κ3) is 4.29. The Morgan fingerprint density at radius 3 is 2.33 bits per heavy atom. The SMILES string of the molecule is CC(C)[C@H](N)C(=O)NCC(=O)NCC1CC1(C)C. The monoisotopic (exact) mass is 255 g/mol. The number of hydrogen-bond acceptors (Lipinski definition) is 3. The van der Waals surface area contributed by atoms with Gasteiger partial charge >= 0.3 is 0 Å². The molecule has 1 aliphatic carbocycles. The van der Waals surface area contributed by atoms with Crippen LogP contribution in [0.2, 0.25) is 0 Å². The van der Waals surface area contributed by atoms with E-state index < -0.39 is 6.04 Å². The third-order valence-corrected chi connectivity index (χ3v) is 3.71. The topological polar surface area (TPSA) is 84.2 Å². The highest BCUT2D eigenvalue weighted by atomic mass is 16.2. The highest BCUT2D eigenvalue weighted by Crippen LogP contribution is 2.50. The normalized spacial score (nSPS) is 22.4. The second-order valence-corrected chi connectivity index (χ2v) is 6.18. The fourth-order valence-corrected chi connectivity index (χ4v) is 1.81. The Hall–Kier alpha value is -1.10. The van der Waals surface area contributed by atoms with Gasteiger partial charge in [0, 0.05) is 6.54 Å². The number of hydrogen-bond donors (Lipinski definition) is 3. The molecule has 0 aromatic carbocycles. The van der Waals surface area contributed by atoms with Gasteiger partial charge in [-0.2, -0.15) is 0 Å². The zero-order valence-electron chi connectivity index (χ0n) is 11.7. The number of nitrogens with one attached hydrogen (secondary N) is 2. The molecule has 0 aromatic rings. The highest BCUT2D eigenvalue weighted by Gasteiger charge is 2.45. The van der Waals surface area contributed by atoms with E-state index in [4.69, 9.17) is 5.73 Å². The van der Waals surface area contributed by atoms with Crippen LogP contribution in [0.25, 0.3) is 0 Å². The second-order valence-electron chi connectivity index (χ2n) is 6.18. The zero-order valence-corrected chi connectivity index (χ0v) is 11.7. The predicted octanol–water partition coefficient (Wildman–Crippen LogP) is 0.248. The van der Waals surface area contributed by atoms with Crippen molar-refractivity contribution in [3.8, 4) is 0 Å². The lowest BCUT2D eigenvalue weighted by molar-refractivity contribution is -0.127. The van der Waals surface area contributed by atoms with Gasteiger partial charge in [0.25, 0.3) is 0 Å². The third-order valence-electron chi connectivity index (χ3n) is 3.71. The first-order chi connectivity index (χ1) is 8.24. The molecular formula is C13H25N3O2. The van der Waals surface area contributed by atoms with Crippen LogP contribution in [0.5, 0.6) is 0 Å². The van der Waals surface area contributed by atoms with Crippen molar-refractivity contribution in [1.82, 2.24) is 10.6 Å². The average Bonchev–Trinajstić information content (AvgIpc) is 2.90. The lowest BCUT2D eigenvalue weighted by Gasteiger charge is -2.15. The molecule has 18 heavy (non-hydrogen) atoms. The molecule has 0 spiro atoms. The van der Waals surface area contributed by atoms with Crippen molar-refractivity contribution in [2.24, 2.45) is 23.0 Å². The molecule has 1 fully saturated rings. The summed E-state index contributed by atoms with van der Waals surface area (Å²) >= 11 is 0. The summed E-state index contributed by atoms with van der Waals surface area (Å²) in [5.74, 6) is 0.212. The molecule has 2 atom stereocenters. The van der Waals surface area contributed by atoms with Crippen molar-refractivity contribution < 1.29 is 9.59 Å². The summed E-state index contributed by atoms with van der Waals surface area (Å²) in [6.07, 6.45) is 1.15. The van der Waals surface area contributed by atoms with E-state index in [0.29, 0.717) is 17.9 Å². The van der Waals surface area contributed by atoms with Crippen LogP contribution in [0.15, 0.2) is 0 Å². The summed E-state index contributed by atoms with van der Waals surface area (Å²) in [7, 11) is 0. The molecular weight excluding hydrogens is 230 g/mol. The Labute approximate surface area is 109 Å². The Morgan fingerprint density at radius 2 is 1.89 bits per heavy atom. The van der Waals surface area contributed by atoms with Crippen molar-refractivity contribution in [2.75, 3.05) is 13.1 Å². The molecule has 5 nitrogen and oxygen atoms in total. The predicted molar refractivity (Wildman–Crippen MR) is 70.7 cm³/mol. The van der Waals surface area contributed by atoms with Crippen molar-refractivity contribution >= 4 is 11.8 Å². The molecule has 1 rings (SSSR count). The van der Waals surface area contributed by atoms with E-state index >= 15 is 0 Å². The van der Waals surface area contributed by atoms with Crippen LogP contribution < -0.4 is 16.4 Å². The van der Waals surface area contributed by atoms with E-state index in [1.54, 1.807) is 0 Å². The van der Waals surface area contributed by atoms with E-state index in [-0.39, 0.29) is 24.3 Å². The number of carbonyl (C=O) groups is 2. The number of nitrogens with two attached hydrogens (primary N) is 1. The van der Waals surface area contributed by atoms with Gasteiger partial charge in [-0.25, -0.2) is 0 Å². The molecule has 1 aliphatic rings. The number of carbonyl (C=O) groups excluding carboxylic acids is 2. The Morgan fingerprint density at radius 1 is 1.33 bits per heavy atom. The summed E-state index contributed by atoms with van der Waals surface area (Å²) in [4.78, 5) is 23.0. The summed E-state index contributed by atoms with van der Waals surface area (Å²) in [5, 5.41) is 5.38. The Bertz CT molecular complexity index is 326. The minimum Gasteiger partial charge on any atom is -0.354 e. The average molecular weight is 255 g/mol. The van der Waals surface area contributed by atoms with E-state index in [9.17, 15) is 9.59 Å². The molecule has 0 aliphatic heterocycles. The largest absolute Gasteiger partial charge is 0.354 e. The van der Waals surface area contributed by atoms with E-state index in [1.807, 2.05) is 13.8 Å². The maximum Gasteiger partial charge on any atom is 0.239 e. The molecule has 104 valence electrons. The lowest BCUT2D eigenvalue weighted by atomic mass is 10.1. The molecule has 2 amide bonds. The molecule has 0 radical (unpaired) electrons. The minimum atomic E-state index is -0.555. The lowest BCUT2D eigenvalue weighted by Crippen LogP contribution is -2.47. The molecule has 0 bridgehead atoms. The first kappa shape index (κ1) is 15.0. The van der Waals surface area contributed by atoms with Crippen LogP contribution in [-0.2, 0) is 9.59 Å². The van der Waals surface area contributed by atoms with Gasteiger partial charge in [-0.1, -0.05) is 27.7 Å². The van der Waals surface area contributed by atoms with Crippen molar-refractivity contribution in [3.63, 3.8) is 0 Å². The summed E-state index contributed by atoms with van der Waals surface area (Å²) in [5.41, 5.74) is 6.03. The zero-order chi connectivity index (χ0) is 13.9. The van der Waals surface area contributed by atoms with Crippen molar-refractivity contribution in [1.29, 1.82) is 0 Å². The van der Waals surface area contributed by atoms with Gasteiger partial charge in [0.2, 0.25) is 11.8 Å². The quantitative estimate of drug-likeness (QED) is 0.636. The maximum atomic E-state index is 11.5. The Kier molecular flexibility index (Phi) is 4.73. The molecule has 0 heterocycles. The van der Waals surface area contributed by atoms with E-state index in [0.717, 1.165) is 6.42 Å². The molecule has 1 saturated carbocycles. The molecule has 0 aromatic heterocycles. The number of amides is 2. The fourth-order valence-electron chi connectivity index (χ4n) is 1.81. The first-order valence-corrected chi connectivity index (χ1v) is 6.54. The Balaban J connectivity index is 2.15. The number of rotatable bonds is 6. The summed E-state index contributed by atoms with van der Waals surface area (Å²) in [6.45, 7) is 8.82.